The first-order valence-corrected chi connectivity index (χ1v) is 10.0. The fourth-order valence-corrected chi connectivity index (χ4v) is 5.15. The third kappa shape index (κ3) is 2.59. The van der Waals surface area contributed by atoms with Crippen molar-refractivity contribution < 1.29 is 19.0 Å². The molecule has 1 atom stereocenters. The minimum atomic E-state index is -0.567. The summed E-state index contributed by atoms with van der Waals surface area (Å²) in [4.78, 5) is 16.3. The number of carbonyl (C=O) groups is 1. The van der Waals surface area contributed by atoms with E-state index in [1.165, 1.54) is 10.4 Å². The number of hydrogen-bond acceptors (Lipinski definition) is 5. The molecule has 3 aliphatic rings. The van der Waals surface area contributed by atoms with Crippen LogP contribution < -0.4 is 9.47 Å². The van der Waals surface area contributed by atoms with E-state index < -0.39 is 6.10 Å². The van der Waals surface area contributed by atoms with Crippen LogP contribution in [-0.2, 0) is 21.6 Å². The van der Waals surface area contributed by atoms with E-state index in [0.29, 0.717) is 24.6 Å². The highest BCUT2D eigenvalue weighted by Gasteiger charge is 2.43. The number of rotatable bonds is 1. The fourth-order valence-electron chi connectivity index (χ4n) is 4.20. The minimum Gasteiger partial charge on any atom is -0.485 e. The number of benzene rings is 1. The van der Waals surface area contributed by atoms with Crippen molar-refractivity contribution >= 4 is 17.2 Å². The molecule has 4 heterocycles. The molecule has 2 aromatic rings. The summed E-state index contributed by atoms with van der Waals surface area (Å²) in [5.41, 5.74) is 1.13. The number of ether oxygens (including phenoxy) is 3. The van der Waals surface area contributed by atoms with Crippen molar-refractivity contribution in [3.8, 4) is 11.5 Å². The molecule has 1 aromatic heterocycles. The smallest absolute Gasteiger partial charge is 0.267 e. The van der Waals surface area contributed by atoms with Gasteiger partial charge in [0.25, 0.3) is 5.91 Å². The van der Waals surface area contributed by atoms with Crippen LogP contribution in [0.4, 0.5) is 0 Å². The molecular formula is C20H21NO4S. The Hall–Kier alpha value is -2.05. The Balaban J connectivity index is 1.27. The van der Waals surface area contributed by atoms with Crippen LogP contribution in [0.1, 0.15) is 23.3 Å². The van der Waals surface area contributed by atoms with Crippen LogP contribution in [0, 0.1) is 0 Å². The number of piperidine rings is 1. The van der Waals surface area contributed by atoms with Crippen LogP contribution in [0.15, 0.2) is 35.7 Å². The molecule has 1 spiro atoms. The second-order valence-corrected chi connectivity index (χ2v) is 8.04. The molecule has 0 bridgehead atoms. The van der Waals surface area contributed by atoms with Gasteiger partial charge in [-0.2, -0.15) is 0 Å². The van der Waals surface area contributed by atoms with Gasteiger partial charge < -0.3 is 19.1 Å². The quantitative estimate of drug-likeness (QED) is 0.773. The van der Waals surface area contributed by atoms with Crippen molar-refractivity contribution in [2.75, 3.05) is 26.3 Å². The number of thiophene rings is 1. The maximum atomic E-state index is 12.9. The zero-order valence-corrected chi connectivity index (χ0v) is 15.3. The highest BCUT2D eigenvalue weighted by atomic mass is 32.1. The normalized spacial score (nSPS) is 23.5. The van der Waals surface area contributed by atoms with E-state index in [-0.39, 0.29) is 18.1 Å². The molecule has 5 rings (SSSR count). The standard InChI is InChI=1S/C20H21NO4S/c22-19(17-13-23-15-3-1-2-4-16(15)25-17)21-9-7-20(8-10-21)14-6-12-26-18(14)5-11-24-20/h1-4,6,12,17H,5,7-11,13H2. The highest BCUT2D eigenvalue weighted by molar-refractivity contribution is 7.10. The van der Waals surface area contributed by atoms with E-state index in [4.69, 9.17) is 14.2 Å². The molecule has 1 unspecified atom stereocenters. The molecule has 0 N–H and O–H groups in total. The molecule has 0 saturated carbocycles. The van der Waals surface area contributed by atoms with Crippen molar-refractivity contribution in [3.63, 3.8) is 0 Å². The van der Waals surface area contributed by atoms with Gasteiger partial charge >= 0.3 is 0 Å². The van der Waals surface area contributed by atoms with Gasteiger partial charge in [0.1, 0.15) is 6.61 Å². The summed E-state index contributed by atoms with van der Waals surface area (Å²) in [7, 11) is 0. The van der Waals surface area contributed by atoms with Gasteiger partial charge in [0.05, 0.1) is 12.2 Å². The summed E-state index contributed by atoms with van der Waals surface area (Å²) < 4.78 is 17.8. The summed E-state index contributed by atoms with van der Waals surface area (Å²) in [5.74, 6) is 1.36. The van der Waals surface area contributed by atoms with Crippen molar-refractivity contribution in [2.24, 2.45) is 0 Å². The van der Waals surface area contributed by atoms with E-state index in [9.17, 15) is 4.79 Å². The fraction of sp³-hybridized carbons (Fsp3) is 0.450. The van der Waals surface area contributed by atoms with Gasteiger partial charge in [0.2, 0.25) is 6.10 Å². The maximum absolute atomic E-state index is 12.9. The van der Waals surface area contributed by atoms with Gasteiger partial charge in [-0.1, -0.05) is 12.1 Å². The Morgan fingerprint density at radius 1 is 1.15 bits per heavy atom. The lowest BCUT2D eigenvalue weighted by molar-refractivity contribution is -0.149. The van der Waals surface area contributed by atoms with E-state index in [1.807, 2.05) is 40.5 Å². The number of fused-ring (bicyclic) bond motifs is 3. The molecule has 26 heavy (non-hydrogen) atoms. The number of carbonyl (C=O) groups excluding carboxylic acids is 1. The molecular weight excluding hydrogens is 350 g/mol. The van der Waals surface area contributed by atoms with Gasteiger partial charge in [0.15, 0.2) is 11.5 Å². The van der Waals surface area contributed by atoms with Crippen LogP contribution in [0.2, 0.25) is 0 Å². The van der Waals surface area contributed by atoms with E-state index in [1.54, 1.807) is 0 Å². The summed E-state index contributed by atoms with van der Waals surface area (Å²) in [6.45, 7) is 2.42. The van der Waals surface area contributed by atoms with Gasteiger partial charge in [-0.3, -0.25) is 4.79 Å². The zero-order chi connectivity index (χ0) is 17.6. The minimum absolute atomic E-state index is 0.00991. The largest absolute Gasteiger partial charge is 0.485 e. The number of para-hydroxylation sites is 2. The first kappa shape index (κ1) is 16.1. The Bertz CT molecular complexity index is 825. The molecule has 1 fully saturated rings. The second-order valence-electron chi connectivity index (χ2n) is 7.04. The molecule has 0 radical (unpaired) electrons. The lowest BCUT2D eigenvalue weighted by Crippen LogP contribution is -2.53. The van der Waals surface area contributed by atoms with Crippen molar-refractivity contribution in [1.82, 2.24) is 4.90 Å². The second kappa shape index (κ2) is 6.28. The Kier molecular flexibility index (Phi) is 3.90. The van der Waals surface area contributed by atoms with Crippen LogP contribution in [0.3, 0.4) is 0 Å². The van der Waals surface area contributed by atoms with Gasteiger partial charge in [0, 0.05) is 24.4 Å². The Labute approximate surface area is 156 Å². The number of likely N-dealkylation sites (tertiary alicyclic amines) is 1. The van der Waals surface area contributed by atoms with E-state index >= 15 is 0 Å². The number of amides is 1. The molecule has 6 heteroatoms. The third-order valence-electron chi connectivity index (χ3n) is 5.61. The summed E-state index contributed by atoms with van der Waals surface area (Å²) in [6, 6.07) is 9.69. The van der Waals surface area contributed by atoms with Gasteiger partial charge in [-0.15, -0.1) is 11.3 Å². The monoisotopic (exact) mass is 371 g/mol. The first-order chi connectivity index (χ1) is 12.8. The van der Waals surface area contributed by atoms with Gasteiger partial charge in [-0.05, 0) is 42.0 Å². The molecule has 136 valence electrons. The maximum Gasteiger partial charge on any atom is 0.267 e. The summed E-state index contributed by atoms with van der Waals surface area (Å²) in [6.07, 6.45) is 2.12. The first-order valence-electron chi connectivity index (χ1n) is 9.13. The lowest BCUT2D eigenvalue weighted by atomic mass is 9.82. The van der Waals surface area contributed by atoms with Crippen LogP contribution >= 0.6 is 11.3 Å². The summed E-state index contributed by atoms with van der Waals surface area (Å²) in [5, 5.41) is 2.16. The average Bonchev–Trinajstić information content (AvgIpc) is 3.18. The topological polar surface area (TPSA) is 48.0 Å². The van der Waals surface area contributed by atoms with E-state index in [2.05, 4.69) is 11.4 Å². The lowest BCUT2D eigenvalue weighted by Gasteiger charge is -2.44. The van der Waals surface area contributed by atoms with E-state index in [0.717, 1.165) is 25.9 Å². The SMILES string of the molecule is O=C(C1COc2ccccc2O1)N1CCC2(CC1)OCCc1sccc12. The predicted octanol–water partition coefficient (Wildman–Crippen LogP) is 2.98. The van der Waals surface area contributed by atoms with Crippen molar-refractivity contribution in [2.45, 2.75) is 31.0 Å². The molecule has 0 aliphatic carbocycles. The summed E-state index contributed by atoms with van der Waals surface area (Å²) >= 11 is 1.82. The molecule has 1 saturated heterocycles. The molecule has 1 amide bonds. The van der Waals surface area contributed by atoms with Crippen LogP contribution in [-0.4, -0.2) is 43.2 Å². The average molecular weight is 371 g/mol. The third-order valence-corrected chi connectivity index (χ3v) is 6.59. The Morgan fingerprint density at radius 3 is 2.81 bits per heavy atom. The number of nitrogens with zero attached hydrogens (tertiary/aromatic N) is 1. The highest BCUT2D eigenvalue weighted by Crippen LogP contribution is 2.43. The zero-order valence-electron chi connectivity index (χ0n) is 14.5. The Morgan fingerprint density at radius 2 is 1.96 bits per heavy atom. The molecule has 1 aromatic carbocycles. The van der Waals surface area contributed by atoms with Crippen LogP contribution in [0.5, 0.6) is 11.5 Å². The van der Waals surface area contributed by atoms with Gasteiger partial charge in [-0.25, -0.2) is 0 Å². The van der Waals surface area contributed by atoms with Crippen molar-refractivity contribution in [3.05, 3.63) is 46.2 Å². The van der Waals surface area contributed by atoms with Crippen LogP contribution in [0.25, 0.3) is 0 Å². The van der Waals surface area contributed by atoms with Crippen molar-refractivity contribution in [1.29, 1.82) is 0 Å². The molecule has 3 aliphatic heterocycles. The number of hydrogen-bond donors (Lipinski definition) is 0. The predicted molar refractivity (Wildman–Crippen MR) is 97.8 cm³/mol. The molecule has 5 nitrogen and oxygen atoms in total.